The summed E-state index contributed by atoms with van der Waals surface area (Å²) in [5, 5.41) is 3.32. The van der Waals surface area contributed by atoms with Gasteiger partial charge in [0.25, 0.3) is 0 Å². The molecule has 1 aromatic carbocycles. The van der Waals surface area contributed by atoms with Crippen molar-refractivity contribution < 1.29 is 8.42 Å². The van der Waals surface area contributed by atoms with Crippen LogP contribution in [0, 0.1) is 11.8 Å². The van der Waals surface area contributed by atoms with Crippen molar-refractivity contribution in [1.82, 2.24) is 4.72 Å². The predicted molar refractivity (Wildman–Crippen MR) is 79.8 cm³/mol. The number of nitrogens with one attached hydrogen (secondary N) is 2. The van der Waals surface area contributed by atoms with Crippen molar-refractivity contribution in [2.75, 3.05) is 18.4 Å². The molecule has 1 atom stereocenters. The van der Waals surface area contributed by atoms with Crippen LogP contribution in [0.3, 0.4) is 0 Å². The third-order valence-corrected chi connectivity index (χ3v) is 4.83. The normalized spacial score (nSPS) is 13.5. The van der Waals surface area contributed by atoms with E-state index in [9.17, 15) is 8.42 Å². The van der Waals surface area contributed by atoms with Crippen molar-refractivity contribution in [2.24, 2.45) is 11.8 Å². The van der Waals surface area contributed by atoms with Gasteiger partial charge in [0.2, 0.25) is 10.0 Å². The summed E-state index contributed by atoms with van der Waals surface area (Å²) in [5.41, 5.74) is 0.947. The molecule has 0 aliphatic rings. The van der Waals surface area contributed by atoms with Crippen molar-refractivity contribution >= 4 is 15.7 Å². The van der Waals surface area contributed by atoms with E-state index in [0.29, 0.717) is 23.3 Å². The fourth-order valence-corrected chi connectivity index (χ4v) is 2.58. The van der Waals surface area contributed by atoms with Gasteiger partial charge in [0.15, 0.2) is 0 Å². The Bertz CT molecular complexity index is 481. The maximum Gasteiger partial charge on any atom is 0.240 e. The lowest BCUT2D eigenvalue weighted by Gasteiger charge is -2.17. The van der Waals surface area contributed by atoms with E-state index < -0.39 is 10.0 Å². The van der Waals surface area contributed by atoms with Gasteiger partial charge in [-0.1, -0.05) is 27.7 Å². The monoisotopic (exact) mass is 284 g/mol. The summed E-state index contributed by atoms with van der Waals surface area (Å²) in [6.07, 6.45) is 0. The lowest BCUT2D eigenvalue weighted by Crippen LogP contribution is -2.23. The molecule has 1 aromatic rings. The van der Waals surface area contributed by atoms with Crippen LogP contribution in [0.5, 0.6) is 0 Å². The fraction of sp³-hybridized carbons (Fsp3) is 0.571. The van der Waals surface area contributed by atoms with E-state index in [4.69, 9.17) is 0 Å². The van der Waals surface area contributed by atoms with Crippen LogP contribution in [0.1, 0.15) is 27.7 Å². The Hall–Kier alpha value is -1.07. The summed E-state index contributed by atoms with van der Waals surface area (Å²) in [4.78, 5) is 0.303. The van der Waals surface area contributed by atoms with E-state index in [1.54, 1.807) is 31.2 Å². The predicted octanol–water partition coefficient (Wildman–Crippen LogP) is 2.69. The smallest absolute Gasteiger partial charge is 0.240 e. The summed E-state index contributed by atoms with van der Waals surface area (Å²) < 4.78 is 26.0. The number of hydrogen-bond acceptors (Lipinski definition) is 3. The van der Waals surface area contributed by atoms with Crippen LogP contribution in [0.25, 0.3) is 0 Å². The Kier molecular flexibility index (Phi) is 5.82. The third-order valence-electron chi connectivity index (χ3n) is 3.27. The molecule has 108 valence electrons. The van der Waals surface area contributed by atoms with Gasteiger partial charge in [-0.25, -0.2) is 13.1 Å². The molecule has 0 bridgehead atoms. The molecule has 0 amide bonds. The highest BCUT2D eigenvalue weighted by molar-refractivity contribution is 7.89. The molecule has 19 heavy (non-hydrogen) atoms. The summed E-state index contributed by atoms with van der Waals surface area (Å²) in [6.45, 7) is 9.63. The first-order valence-electron chi connectivity index (χ1n) is 6.70. The lowest BCUT2D eigenvalue weighted by molar-refractivity contribution is 0.440. The first kappa shape index (κ1) is 16.0. The molecule has 0 fully saturated rings. The zero-order valence-electron chi connectivity index (χ0n) is 12.1. The van der Waals surface area contributed by atoms with Crippen LogP contribution >= 0.6 is 0 Å². The van der Waals surface area contributed by atoms with Gasteiger partial charge < -0.3 is 5.32 Å². The highest BCUT2D eigenvalue weighted by Gasteiger charge is 2.12. The second-order valence-corrected chi connectivity index (χ2v) is 6.89. The Balaban J connectivity index is 2.67. The van der Waals surface area contributed by atoms with Gasteiger partial charge in [-0.3, -0.25) is 0 Å². The molecule has 0 aliphatic heterocycles. The molecular formula is C14H24N2O2S. The van der Waals surface area contributed by atoms with E-state index in [1.807, 2.05) is 0 Å². The molecule has 1 rings (SSSR count). The molecule has 2 N–H and O–H groups in total. The van der Waals surface area contributed by atoms with Crippen LogP contribution in [0.4, 0.5) is 5.69 Å². The van der Waals surface area contributed by atoms with Crippen molar-refractivity contribution in [1.29, 1.82) is 0 Å². The maximum atomic E-state index is 11.8. The van der Waals surface area contributed by atoms with E-state index in [0.717, 1.165) is 12.2 Å². The number of sulfonamides is 1. The number of anilines is 1. The second kappa shape index (κ2) is 6.91. The van der Waals surface area contributed by atoms with E-state index in [-0.39, 0.29) is 0 Å². The van der Waals surface area contributed by atoms with Crippen LogP contribution in [0.15, 0.2) is 29.2 Å². The van der Waals surface area contributed by atoms with Gasteiger partial charge in [0.05, 0.1) is 4.90 Å². The Labute approximate surface area is 116 Å². The second-order valence-electron chi connectivity index (χ2n) is 5.13. The van der Waals surface area contributed by atoms with Gasteiger partial charge in [0.1, 0.15) is 0 Å². The van der Waals surface area contributed by atoms with E-state index in [2.05, 4.69) is 30.8 Å². The highest BCUT2D eigenvalue weighted by Crippen LogP contribution is 2.16. The first-order valence-corrected chi connectivity index (χ1v) is 8.18. The molecule has 0 aliphatic carbocycles. The Morgan fingerprint density at radius 2 is 1.68 bits per heavy atom. The van der Waals surface area contributed by atoms with Crippen LogP contribution in [0.2, 0.25) is 0 Å². The zero-order chi connectivity index (χ0) is 14.5. The maximum absolute atomic E-state index is 11.8. The molecule has 0 heterocycles. The molecular weight excluding hydrogens is 260 g/mol. The molecule has 0 aromatic heterocycles. The summed E-state index contributed by atoms with van der Waals surface area (Å²) >= 11 is 0. The molecule has 4 nitrogen and oxygen atoms in total. The SMILES string of the molecule is CCNS(=O)(=O)c1ccc(NCC(C)C(C)C)cc1. The minimum Gasteiger partial charge on any atom is -0.385 e. The number of benzene rings is 1. The Morgan fingerprint density at radius 3 is 2.16 bits per heavy atom. The van der Waals surface area contributed by atoms with Crippen LogP contribution in [-0.2, 0) is 10.0 Å². The quantitative estimate of drug-likeness (QED) is 0.809. The molecule has 0 saturated heterocycles. The average Bonchev–Trinajstić information content (AvgIpc) is 2.36. The van der Waals surface area contributed by atoms with Crippen molar-refractivity contribution in [2.45, 2.75) is 32.6 Å². The fourth-order valence-electron chi connectivity index (χ4n) is 1.54. The van der Waals surface area contributed by atoms with Crippen molar-refractivity contribution in [3.63, 3.8) is 0 Å². The largest absolute Gasteiger partial charge is 0.385 e. The van der Waals surface area contributed by atoms with Gasteiger partial charge in [-0.15, -0.1) is 0 Å². The first-order chi connectivity index (χ1) is 8.86. The van der Waals surface area contributed by atoms with Gasteiger partial charge in [0, 0.05) is 18.8 Å². The Morgan fingerprint density at radius 1 is 1.11 bits per heavy atom. The molecule has 0 radical (unpaired) electrons. The summed E-state index contributed by atoms with van der Waals surface area (Å²) in [6, 6.07) is 6.86. The summed E-state index contributed by atoms with van der Waals surface area (Å²) in [7, 11) is -3.35. The van der Waals surface area contributed by atoms with Gasteiger partial charge in [-0.05, 0) is 36.1 Å². The minimum absolute atomic E-state index is 0.303. The molecule has 0 saturated carbocycles. The third kappa shape index (κ3) is 4.84. The van der Waals surface area contributed by atoms with Crippen molar-refractivity contribution in [3.8, 4) is 0 Å². The van der Waals surface area contributed by atoms with Crippen LogP contribution < -0.4 is 10.0 Å². The van der Waals surface area contributed by atoms with Gasteiger partial charge >= 0.3 is 0 Å². The zero-order valence-corrected chi connectivity index (χ0v) is 12.9. The van der Waals surface area contributed by atoms with Crippen LogP contribution in [-0.4, -0.2) is 21.5 Å². The average molecular weight is 284 g/mol. The summed E-state index contributed by atoms with van der Waals surface area (Å²) in [5.74, 6) is 1.20. The minimum atomic E-state index is -3.35. The molecule has 1 unspecified atom stereocenters. The van der Waals surface area contributed by atoms with Crippen molar-refractivity contribution in [3.05, 3.63) is 24.3 Å². The number of hydrogen-bond donors (Lipinski definition) is 2. The van der Waals surface area contributed by atoms with E-state index in [1.165, 1.54) is 0 Å². The van der Waals surface area contributed by atoms with Gasteiger partial charge in [-0.2, -0.15) is 0 Å². The molecule has 5 heteroatoms. The molecule has 0 spiro atoms. The standard InChI is InChI=1S/C14H24N2O2S/c1-5-16-19(17,18)14-8-6-13(7-9-14)15-10-12(4)11(2)3/h6-9,11-12,15-16H,5,10H2,1-4H3. The topological polar surface area (TPSA) is 58.2 Å². The number of rotatable bonds is 7. The lowest BCUT2D eigenvalue weighted by atomic mass is 9.98. The van der Waals surface area contributed by atoms with E-state index >= 15 is 0 Å². The highest BCUT2D eigenvalue weighted by atomic mass is 32.2.